The second-order valence-electron chi connectivity index (χ2n) is 6.13. The Hall–Kier alpha value is -2.20. The molecule has 0 radical (unpaired) electrons. The summed E-state index contributed by atoms with van der Waals surface area (Å²) in [6.07, 6.45) is -2.92. The molecular weight excluding hydrogens is 324 g/mol. The highest BCUT2D eigenvalue weighted by Crippen LogP contribution is 2.42. The van der Waals surface area contributed by atoms with Crippen LogP contribution in [-0.2, 0) is 19.2 Å². The zero-order valence-electron chi connectivity index (χ0n) is 14.1. The Morgan fingerprint density at radius 3 is 0.833 bits per heavy atom. The number of nitrogens with zero attached hydrogens (tertiary/aromatic N) is 2. The Balaban J connectivity index is 6.69. The van der Waals surface area contributed by atoms with Gasteiger partial charge in [-0.2, -0.15) is 0 Å². The van der Waals surface area contributed by atoms with Gasteiger partial charge in [0.1, 0.15) is 0 Å². The molecule has 0 aromatic rings. The standard InChI is InChI=1S/C14H24N2O8/c1-15(2)13(5-9(17)18,6-10(19)20)14(16(3)4,7-11(21)22)8-12(23)24/h5-8H2,1-4H3,(H,17,18)(H,19,20)(H,21,22)(H,23,24). The highest BCUT2D eigenvalue weighted by molar-refractivity contribution is 5.78. The summed E-state index contributed by atoms with van der Waals surface area (Å²) in [5.41, 5.74) is -3.52. The van der Waals surface area contributed by atoms with E-state index in [1.807, 2.05) is 0 Å². The fourth-order valence-corrected chi connectivity index (χ4v) is 3.25. The van der Waals surface area contributed by atoms with Crippen molar-refractivity contribution in [2.45, 2.75) is 36.8 Å². The van der Waals surface area contributed by atoms with Crippen LogP contribution in [0.4, 0.5) is 0 Å². The summed E-state index contributed by atoms with van der Waals surface area (Å²) >= 11 is 0. The van der Waals surface area contributed by atoms with E-state index in [0.717, 1.165) is 0 Å². The van der Waals surface area contributed by atoms with E-state index in [2.05, 4.69) is 0 Å². The average Bonchev–Trinajstić information content (AvgIpc) is 2.33. The quantitative estimate of drug-likeness (QED) is 0.383. The molecular formula is C14H24N2O8. The van der Waals surface area contributed by atoms with Crippen LogP contribution in [0.3, 0.4) is 0 Å². The van der Waals surface area contributed by atoms with Gasteiger partial charge in [-0.25, -0.2) is 0 Å². The van der Waals surface area contributed by atoms with Crippen molar-refractivity contribution in [2.24, 2.45) is 0 Å². The fourth-order valence-electron chi connectivity index (χ4n) is 3.25. The zero-order chi connectivity index (χ0) is 19.3. The second kappa shape index (κ2) is 8.06. The Morgan fingerprint density at radius 2 is 0.750 bits per heavy atom. The van der Waals surface area contributed by atoms with E-state index in [9.17, 15) is 39.6 Å². The van der Waals surface area contributed by atoms with E-state index >= 15 is 0 Å². The van der Waals surface area contributed by atoms with Gasteiger partial charge in [-0.15, -0.1) is 0 Å². The predicted molar refractivity (Wildman–Crippen MR) is 81.8 cm³/mol. The van der Waals surface area contributed by atoms with Gasteiger partial charge in [0.15, 0.2) is 0 Å². The molecule has 0 fully saturated rings. The third-order valence-corrected chi connectivity index (χ3v) is 4.35. The van der Waals surface area contributed by atoms with E-state index in [4.69, 9.17) is 0 Å². The smallest absolute Gasteiger partial charge is 0.305 e. The maximum Gasteiger partial charge on any atom is 0.305 e. The SMILES string of the molecule is CN(C)C(CC(=O)O)(CC(=O)O)C(CC(=O)O)(CC(=O)O)N(C)C. The number of hydrogen-bond acceptors (Lipinski definition) is 6. The molecule has 0 aliphatic rings. The van der Waals surface area contributed by atoms with Gasteiger partial charge in [-0.3, -0.25) is 19.2 Å². The molecule has 0 saturated heterocycles. The first kappa shape index (κ1) is 21.8. The third kappa shape index (κ3) is 4.65. The van der Waals surface area contributed by atoms with Gasteiger partial charge in [0.25, 0.3) is 0 Å². The number of carbonyl (C=O) groups is 4. The van der Waals surface area contributed by atoms with Crippen molar-refractivity contribution in [1.82, 2.24) is 9.80 Å². The first-order valence-electron chi connectivity index (χ1n) is 7.03. The third-order valence-electron chi connectivity index (χ3n) is 4.35. The molecule has 0 amide bonds. The van der Waals surface area contributed by atoms with Crippen molar-refractivity contribution >= 4 is 23.9 Å². The molecule has 0 aromatic heterocycles. The molecule has 0 rings (SSSR count). The normalized spacial score (nSPS) is 12.4. The van der Waals surface area contributed by atoms with Crippen LogP contribution in [-0.4, -0.2) is 93.4 Å². The summed E-state index contributed by atoms with van der Waals surface area (Å²) in [6.45, 7) is 0. The van der Waals surface area contributed by atoms with Gasteiger partial charge in [-0.05, 0) is 28.2 Å². The van der Waals surface area contributed by atoms with E-state index < -0.39 is 60.6 Å². The van der Waals surface area contributed by atoms with E-state index in [1.165, 1.54) is 38.0 Å². The lowest BCUT2D eigenvalue weighted by atomic mass is 9.66. The summed E-state index contributed by atoms with van der Waals surface area (Å²) in [5, 5.41) is 37.2. The lowest BCUT2D eigenvalue weighted by Gasteiger charge is -2.55. The highest BCUT2D eigenvalue weighted by atomic mass is 16.4. The fraction of sp³-hybridized carbons (Fsp3) is 0.714. The number of rotatable bonds is 11. The molecule has 10 nitrogen and oxygen atoms in total. The number of carboxylic acid groups (broad SMARTS) is 4. The minimum absolute atomic E-state index is 0.731. The first-order valence-corrected chi connectivity index (χ1v) is 7.03. The monoisotopic (exact) mass is 348 g/mol. The zero-order valence-corrected chi connectivity index (χ0v) is 14.1. The first-order chi connectivity index (χ1) is 10.8. The Morgan fingerprint density at radius 1 is 0.583 bits per heavy atom. The Labute approximate surface area is 139 Å². The van der Waals surface area contributed by atoms with Crippen LogP contribution in [0.2, 0.25) is 0 Å². The molecule has 0 unspecified atom stereocenters. The minimum Gasteiger partial charge on any atom is -0.481 e. The average molecular weight is 348 g/mol. The van der Waals surface area contributed by atoms with Gasteiger partial charge in [0.2, 0.25) is 0 Å². The number of carboxylic acids is 4. The van der Waals surface area contributed by atoms with E-state index in [0.29, 0.717) is 0 Å². The molecule has 4 N–H and O–H groups in total. The number of hydrogen-bond donors (Lipinski definition) is 4. The van der Waals surface area contributed by atoms with Crippen LogP contribution in [0, 0.1) is 0 Å². The van der Waals surface area contributed by atoms with Gasteiger partial charge >= 0.3 is 23.9 Å². The predicted octanol–water partition coefficient (Wildman–Crippen LogP) is -0.514. The van der Waals surface area contributed by atoms with E-state index in [-0.39, 0.29) is 0 Å². The molecule has 0 saturated carbocycles. The molecule has 0 bridgehead atoms. The Kier molecular flexibility index (Phi) is 7.32. The lowest BCUT2D eigenvalue weighted by molar-refractivity contribution is -0.164. The number of aliphatic carboxylic acids is 4. The molecule has 0 spiro atoms. The molecule has 24 heavy (non-hydrogen) atoms. The second-order valence-corrected chi connectivity index (χ2v) is 6.13. The van der Waals surface area contributed by atoms with Crippen LogP contribution >= 0.6 is 0 Å². The Bertz CT molecular complexity index is 437. The summed E-state index contributed by atoms with van der Waals surface area (Å²) in [6, 6.07) is 0. The van der Waals surface area contributed by atoms with Crippen LogP contribution in [0.1, 0.15) is 25.7 Å². The van der Waals surface area contributed by atoms with Crippen molar-refractivity contribution < 1.29 is 39.6 Å². The van der Waals surface area contributed by atoms with Crippen molar-refractivity contribution in [3.63, 3.8) is 0 Å². The van der Waals surface area contributed by atoms with Gasteiger partial charge in [0, 0.05) is 0 Å². The maximum atomic E-state index is 11.4. The molecule has 10 heteroatoms. The highest BCUT2D eigenvalue weighted by Gasteiger charge is 2.58. The molecule has 138 valence electrons. The molecule has 0 heterocycles. The van der Waals surface area contributed by atoms with Crippen LogP contribution < -0.4 is 0 Å². The van der Waals surface area contributed by atoms with Crippen molar-refractivity contribution in [3.05, 3.63) is 0 Å². The van der Waals surface area contributed by atoms with Crippen LogP contribution in [0.5, 0.6) is 0 Å². The minimum atomic E-state index is -1.76. The van der Waals surface area contributed by atoms with Gasteiger partial charge in [0.05, 0.1) is 36.8 Å². The molecule has 0 aliphatic heterocycles. The lowest BCUT2D eigenvalue weighted by Crippen LogP contribution is -2.70. The molecule has 0 atom stereocenters. The van der Waals surface area contributed by atoms with Crippen molar-refractivity contribution in [3.8, 4) is 0 Å². The maximum absolute atomic E-state index is 11.4. The van der Waals surface area contributed by atoms with Crippen molar-refractivity contribution in [1.29, 1.82) is 0 Å². The topological polar surface area (TPSA) is 156 Å². The van der Waals surface area contributed by atoms with Crippen LogP contribution in [0.15, 0.2) is 0 Å². The van der Waals surface area contributed by atoms with Gasteiger partial charge < -0.3 is 30.2 Å². The summed E-state index contributed by atoms with van der Waals surface area (Å²) < 4.78 is 0. The van der Waals surface area contributed by atoms with Crippen LogP contribution in [0.25, 0.3) is 0 Å². The largest absolute Gasteiger partial charge is 0.481 e. The van der Waals surface area contributed by atoms with Crippen molar-refractivity contribution in [2.75, 3.05) is 28.2 Å². The number of likely N-dealkylation sites (N-methyl/N-ethyl adjacent to an activating group) is 2. The summed E-state index contributed by atoms with van der Waals surface area (Å²) in [5.74, 6) is -5.42. The summed E-state index contributed by atoms with van der Waals surface area (Å²) in [7, 11) is 5.64. The van der Waals surface area contributed by atoms with E-state index in [1.54, 1.807) is 0 Å². The summed E-state index contributed by atoms with van der Waals surface area (Å²) in [4.78, 5) is 48.2. The van der Waals surface area contributed by atoms with Gasteiger partial charge in [-0.1, -0.05) is 0 Å². The molecule has 0 aliphatic carbocycles. The molecule has 0 aromatic carbocycles.